The van der Waals surface area contributed by atoms with Crippen molar-refractivity contribution in [2.24, 2.45) is 28.1 Å². The van der Waals surface area contributed by atoms with E-state index in [4.69, 9.17) is 0 Å². The van der Waals surface area contributed by atoms with Crippen LogP contribution < -0.4 is 0 Å². The molecule has 1 heteroatoms. The minimum absolute atomic E-state index is 0.159. The molecule has 3 rings (SSSR count). The summed E-state index contributed by atoms with van der Waals surface area (Å²) in [6.45, 7) is 14.3. The molecular weight excluding hydrogens is 256 g/mol. The second kappa shape index (κ2) is 4.33. The molecule has 0 bridgehead atoms. The third-order valence-electron chi connectivity index (χ3n) is 6.66. The van der Waals surface area contributed by atoms with E-state index < -0.39 is 0 Å². The van der Waals surface area contributed by atoms with Crippen molar-refractivity contribution in [3.05, 3.63) is 22.8 Å². The molecule has 1 nitrogen and oxygen atoms in total. The summed E-state index contributed by atoms with van der Waals surface area (Å²) in [6, 6.07) is 0. The topological polar surface area (TPSA) is 17.1 Å². The first-order valence-electron chi connectivity index (χ1n) is 8.53. The van der Waals surface area contributed by atoms with Gasteiger partial charge in [0.25, 0.3) is 0 Å². The second-order valence-corrected chi connectivity index (χ2v) is 9.23. The van der Waals surface area contributed by atoms with Crippen LogP contribution in [-0.2, 0) is 4.79 Å². The number of carbonyl (C=O) groups is 1. The van der Waals surface area contributed by atoms with Crippen LogP contribution in [-0.4, -0.2) is 6.29 Å². The summed E-state index contributed by atoms with van der Waals surface area (Å²) in [7, 11) is 0. The molecule has 0 spiro atoms. The summed E-state index contributed by atoms with van der Waals surface area (Å²) in [4.78, 5) is 11.2. The Morgan fingerprint density at radius 1 is 1.10 bits per heavy atom. The standard InChI is InChI=1S/C20H30O/c1-13-9-14(20(6)11-15(20)12-21)10-16-17(13)19(4,5)8-7-18(16,2)3/h10,12-13,15H,7-9,11H2,1-6H3. The van der Waals surface area contributed by atoms with E-state index in [1.807, 2.05) is 0 Å². The van der Waals surface area contributed by atoms with Crippen molar-refractivity contribution in [2.75, 3.05) is 0 Å². The lowest BCUT2D eigenvalue weighted by molar-refractivity contribution is -0.109. The van der Waals surface area contributed by atoms with Gasteiger partial charge in [0.05, 0.1) is 0 Å². The van der Waals surface area contributed by atoms with Gasteiger partial charge >= 0.3 is 0 Å². The van der Waals surface area contributed by atoms with E-state index in [9.17, 15) is 4.79 Å². The van der Waals surface area contributed by atoms with E-state index in [1.165, 1.54) is 24.7 Å². The number of rotatable bonds is 2. The molecule has 1 saturated carbocycles. The molecule has 0 amide bonds. The predicted octanol–water partition coefficient (Wildman–Crippen LogP) is 5.32. The highest BCUT2D eigenvalue weighted by Gasteiger charge is 2.54. The SMILES string of the molecule is CC1CC(C2(C)CC2C=O)=CC2=C1C(C)(C)CCC2(C)C. The van der Waals surface area contributed by atoms with Gasteiger partial charge in [-0.3, -0.25) is 0 Å². The highest BCUT2D eigenvalue weighted by Crippen LogP contribution is 2.62. The lowest BCUT2D eigenvalue weighted by Crippen LogP contribution is -2.35. The van der Waals surface area contributed by atoms with Gasteiger partial charge in [-0.2, -0.15) is 0 Å². The smallest absolute Gasteiger partial charge is 0.123 e. The lowest BCUT2D eigenvalue weighted by atomic mass is 9.57. The Morgan fingerprint density at radius 3 is 2.29 bits per heavy atom. The molecule has 1 fully saturated rings. The maximum Gasteiger partial charge on any atom is 0.123 e. The molecule has 0 N–H and O–H groups in total. The fraction of sp³-hybridized carbons (Fsp3) is 0.750. The van der Waals surface area contributed by atoms with Crippen LogP contribution in [0.5, 0.6) is 0 Å². The summed E-state index contributed by atoms with van der Waals surface area (Å²) in [5.74, 6) is 0.886. The first-order valence-corrected chi connectivity index (χ1v) is 8.53. The maximum atomic E-state index is 11.2. The number of allylic oxidation sites excluding steroid dienone is 4. The average Bonchev–Trinajstić information content (AvgIpc) is 3.07. The van der Waals surface area contributed by atoms with Crippen LogP contribution in [0.1, 0.15) is 67.2 Å². The Balaban J connectivity index is 2.09. The molecule has 3 atom stereocenters. The molecule has 0 aromatic rings. The second-order valence-electron chi connectivity index (χ2n) is 9.23. The van der Waals surface area contributed by atoms with Crippen molar-refractivity contribution < 1.29 is 4.79 Å². The molecule has 0 aromatic heterocycles. The fourth-order valence-corrected chi connectivity index (χ4v) is 4.86. The van der Waals surface area contributed by atoms with Gasteiger partial charge < -0.3 is 4.79 Å². The van der Waals surface area contributed by atoms with Gasteiger partial charge in [0, 0.05) is 5.92 Å². The van der Waals surface area contributed by atoms with Gasteiger partial charge in [0.15, 0.2) is 0 Å². The van der Waals surface area contributed by atoms with Gasteiger partial charge in [0.1, 0.15) is 6.29 Å². The van der Waals surface area contributed by atoms with Gasteiger partial charge in [0.2, 0.25) is 0 Å². The molecule has 21 heavy (non-hydrogen) atoms. The van der Waals surface area contributed by atoms with Gasteiger partial charge in [-0.15, -0.1) is 0 Å². The van der Waals surface area contributed by atoms with Crippen molar-refractivity contribution in [1.82, 2.24) is 0 Å². The number of carbonyl (C=O) groups excluding carboxylic acids is 1. The molecule has 0 saturated heterocycles. The maximum absolute atomic E-state index is 11.2. The number of aldehydes is 1. The molecule has 3 aliphatic carbocycles. The monoisotopic (exact) mass is 286 g/mol. The molecule has 0 radical (unpaired) electrons. The van der Waals surface area contributed by atoms with Gasteiger partial charge in [-0.25, -0.2) is 0 Å². The lowest BCUT2D eigenvalue weighted by Gasteiger charge is -2.48. The molecule has 0 heterocycles. The van der Waals surface area contributed by atoms with Crippen LogP contribution in [0.15, 0.2) is 22.8 Å². The van der Waals surface area contributed by atoms with Crippen molar-refractivity contribution in [3.63, 3.8) is 0 Å². The zero-order valence-corrected chi connectivity index (χ0v) is 14.5. The van der Waals surface area contributed by atoms with Crippen molar-refractivity contribution >= 4 is 6.29 Å². The first-order chi connectivity index (χ1) is 9.62. The minimum atomic E-state index is 0.159. The summed E-state index contributed by atoms with van der Waals surface area (Å²) in [5, 5.41) is 0. The van der Waals surface area contributed by atoms with Crippen molar-refractivity contribution in [2.45, 2.75) is 67.2 Å². The van der Waals surface area contributed by atoms with Crippen LogP contribution in [0.4, 0.5) is 0 Å². The molecular formula is C20H30O. The highest BCUT2D eigenvalue weighted by molar-refractivity contribution is 5.63. The quantitative estimate of drug-likeness (QED) is 0.628. The van der Waals surface area contributed by atoms with Crippen LogP contribution in [0.2, 0.25) is 0 Å². The van der Waals surface area contributed by atoms with Crippen LogP contribution in [0, 0.1) is 28.1 Å². The normalized spacial score (nSPS) is 40.4. The Kier molecular flexibility index (Phi) is 3.11. The van der Waals surface area contributed by atoms with Crippen molar-refractivity contribution in [1.29, 1.82) is 0 Å². The van der Waals surface area contributed by atoms with Crippen LogP contribution >= 0.6 is 0 Å². The van der Waals surface area contributed by atoms with E-state index in [2.05, 4.69) is 47.6 Å². The third-order valence-corrected chi connectivity index (χ3v) is 6.66. The molecule has 3 aliphatic rings. The van der Waals surface area contributed by atoms with Crippen molar-refractivity contribution in [3.8, 4) is 0 Å². The van der Waals surface area contributed by atoms with Gasteiger partial charge in [-0.1, -0.05) is 58.8 Å². The van der Waals surface area contributed by atoms with Crippen LogP contribution in [0.3, 0.4) is 0 Å². The summed E-state index contributed by atoms with van der Waals surface area (Å²) < 4.78 is 0. The summed E-state index contributed by atoms with van der Waals surface area (Å²) >= 11 is 0. The van der Waals surface area contributed by atoms with E-state index >= 15 is 0 Å². The van der Waals surface area contributed by atoms with E-state index in [0.29, 0.717) is 11.3 Å². The van der Waals surface area contributed by atoms with E-state index in [-0.39, 0.29) is 16.7 Å². The molecule has 0 aliphatic heterocycles. The molecule has 3 unspecified atom stereocenters. The minimum Gasteiger partial charge on any atom is -0.303 e. The molecule has 0 aromatic carbocycles. The first kappa shape index (κ1) is 15.1. The third kappa shape index (κ3) is 2.15. The molecule has 116 valence electrons. The van der Waals surface area contributed by atoms with Gasteiger partial charge in [-0.05, 0) is 53.4 Å². The zero-order chi connectivity index (χ0) is 15.6. The zero-order valence-electron chi connectivity index (χ0n) is 14.5. The Labute approximate surface area is 129 Å². The number of hydrogen-bond donors (Lipinski definition) is 0. The van der Waals surface area contributed by atoms with Crippen LogP contribution in [0.25, 0.3) is 0 Å². The number of hydrogen-bond acceptors (Lipinski definition) is 1. The van der Waals surface area contributed by atoms with E-state index in [0.717, 1.165) is 12.8 Å². The van der Waals surface area contributed by atoms with E-state index in [1.54, 1.807) is 11.1 Å². The highest BCUT2D eigenvalue weighted by atomic mass is 16.1. The summed E-state index contributed by atoms with van der Waals surface area (Å²) in [5.41, 5.74) is 5.59. The predicted molar refractivity (Wildman–Crippen MR) is 88.0 cm³/mol. The average molecular weight is 286 g/mol. The summed E-state index contributed by atoms with van der Waals surface area (Å²) in [6.07, 6.45) is 8.44. The Hall–Kier alpha value is -0.850. The Bertz CT molecular complexity index is 546. The Morgan fingerprint density at radius 2 is 1.71 bits per heavy atom. The largest absolute Gasteiger partial charge is 0.303 e. The fourth-order valence-electron chi connectivity index (χ4n) is 4.86.